The van der Waals surface area contributed by atoms with Gasteiger partial charge in [-0.2, -0.15) is 0 Å². The Labute approximate surface area is 94.6 Å². The van der Waals surface area contributed by atoms with Gasteiger partial charge in [0.1, 0.15) is 5.75 Å². The molecule has 3 nitrogen and oxygen atoms in total. The Morgan fingerprint density at radius 3 is 2.60 bits per heavy atom. The van der Waals surface area contributed by atoms with Crippen molar-refractivity contribution in [1.82, 2.24) is 4.90 Å². The number of carbonyl (C=O) groups excluding carboxylic acids is 1. The molecule has 0 unspecified atom stereocenters. The fourth-order valence-corrected chi connectivity index (χ4v) is 1.36. The standard InChI is InChI=1S/C11H14ClNO2/c1-13(2)11(14)6-8-4-5-9(15-3)7-10(8)12/h4-5,7H,6H2,1-3H3. The Morgan fingerprint density at radius 2 is 2.13 bits per heavy atom. The fraction of sp³-hybridized carbons (Fsp3) is 0.364. The van der Waals surface area contributed by atoms with Crippen molar-refractivity contribution < 1.29 is 9.53 Å². The van der Waals surface area contributed by atoms with Crippen LogP contribution < -0.4 is 4.74 Å². The average Bonchev–Trinajstić information content (AvgIpc) is 2.20. The Kier molecular flexibility index (Phi) is 3.97. The van der Waals surface area contributed by atoms with Crippen molar-refractivity contribution in [3.05, 3.63) is 28.8 Å². The molecule has 0 N–H and O–H groups in total. The zero-order chi connectivity index (χ0) is 11.4. The monoisotopic (exact) mass is 227 g/mol. The number of nitrogens with zero attached hydrogens (tertiary/aromatic N) is 1. The predicted octanol–water partition coefficient (Wildman–Crippen LogP) is 1.98. The maximum absolute atomic E-state index is 11.5. The van der Waals surface area contributed by atoms with E-state index < -0.39 is 0 Å². The number of amides is 1. The highest BCUT2D eigenvalue weighted by molar-refractivity contribution is 6.31. The Bertz CT molecular complexity index is 364. The minimum atomic E-state index is 0.0297. The van der Waals surface area contributed by atoms with Crippen LogP contribution in [0.1, 0.15) is 5.56 Å². The summed E-state index contributed by atoms with van der Waals surface area (Å²) in [6.07, 6.45) is 0.315. The SMILES string of the molecule is COc1ccc(CC(=O)N(C)C)c(Cl)c1. The van der Waals surface area contributed by atoms with Crippen molar-refractivity contribution in [2.75, 3.05) is 21.2 Å². The van der Waals surface area contributed by atoms with Gasteiger partial charge in [-0.15, -0.1) is 0 Å². The zero-order valence-electron chi connectivity index (χ0n) is 9.08. The molecule has 0 fully saturated rings. The van der Waals surface area contributed by atoms with Crippen molar-refractivity contribution in [2.45, 2.75) is 6.42 Å². The first-order valence-electron chi connectivity index (χ1n) is 4.57. The van der Waals surface area contributed by atoms with Crippen LogP contribution in [0.5, 0.6) is 5.75 Å². The summed E-state index contributed by atoms with van der Waals surface area (Å²) >= 11 is 6.01. The summed E-state index contributed by atoms with van der Waals surface area (Å²) in [5, 5.41) is 0.560. The summed E-state index contributed by atoms with van der Waals surface area (Å²) in [7, 11) is 5.02. The van der Waals surface area contributed by atoms with Crippen molar-refractivity contribution >= 4 is 17.5 Å². The number of benzene rings is 1. The van der Waals surface area contributed by atoms with Crippen LogP contribution in [0, 0.1) is 0 Å². The van der Waals surface area contributed by atoms with Crippen LogP contribution >= 0.6 is 11.6 Å². The van der Waals surface area contributed by atoms with E-state index in [1.807, 2.05) is 6.07 Å². The third-order valence-corrected chi connectivity index (χ3v) is 2.45. The number of hydrogen-bond acceptors (Lipinski definition) is 2. The number of methoxy groups -OCH3 is 1. The van der Waals surface area contributed by atoms with Gasteiger partial charge in [0.25, 0.3) is 0 Å². The van der Waals surface area contributed by atoms with Gasteiger partial charge in [0, 0.05) is 19.1 Å². The van der Waals surface area contributed by atoms with Crippen molar-refractivity contribution in [2.24, 2.45) is 0 Å². The lowest BCUT2D eigenvalue weighted by atomic mass is 10.1. The van der Waals surface area contributed by atoms with Gasteiger partial charge in [0.05, 0.1) is 13.5 Å². The first-order chi connectivity index (χ1) is 7.04. The van der Waals surface area contributed by atoms with Crippen LogP contribution in [-0.2, 0) is 11.2 Å². The van der Waals surface area contributed by atoms with E-state index in [4.69, 9.17) is 16.3 Å². The van der Waals surface area contributed by atoms with Gasteiger partial charge in [0.2, 0.25) is 5.91 Å². The molecule has 1 aromatic carbocycles. The smallest absolute Gasteiger partial charge is 0.226 e. The van der Waals surface area contributed by atoms with E-state index in [1.165, 1.54) is 0 Å². The lowest BCUT2D eigenvalue weighted by Crippen LogP contribution is -2.23. The largest absolute Gasteiger partial charge is 0.497 e. The zero-order valence-corrected chi connectivity index (χ0v) is 9.84. The van der Waals surface area contributed by atoms with Crippen LogP contribution in [0.25, 0.3) is 0 Å². The molecule has 1 rings (SSSR count). The molecule has 0 aliphatic carbocycles. The molecule has 0 saturated carbocycles. The molecule has 0 aromatic heterocycles. The summed E-state index contributed by atoms with van der Waals surface area (Å²) in [6, 6.07) is 5.31. The number of hydrogen-bond donors (Lipinski definition) is 0. The third kappa shape index (κ3) is 3.13. The van der Waals surface area contributed by atoms with E-state index >= 15 is 0 Å². The molecular formula is C11H14ClNO2. The highest BCUT2D eigenvalue weighted by atomic mass is 35.5. The van der Waals surface area contributed by atoms with Crippen molar-refractivity contribution in [3.63, 3.8) is 0 Å². The first kappa shape index (κ1) is 11.9. The third-order valence-electron chi connectivity index (χ3n) is 2.10. The van der Waals surface area contributed by atoms with Crippen LogP contribution in [0.15, 0.2) is 18.2 Å². The maximum Gasteiger partial charge on any atom is 0.226 e. The number of ether oxygens (including phenoxy) is 1. The van der Waals surface area contributed by atoms with Gasteiger partial charge < -0.3 is 9.64 Å². The maximum atomic E-state index is 11.5. The minimum Gasteiger partial charge on any atom is -0.497 e. The van der Waals surface area contributed by atoms with Gasteiger partial charge in [-0.1, -0.05) is 17.7 Å². The van der Waals surface area contributed by atoms with E-state index in [1.54, 1.807) is 38.2 Å². The van der Waals surface area contributed by atoms with E-state index in [0.29, 0.717) is 17.2 Å². The number of carbonyl (C=O) groups is 1. The number of rotatable bonds is 3. The average molecular weight is 228 g/mol. The van der Waals surface area contributed by atoms with E-state index in [9.17, 15) is 4.79 Å². The molecule has 0 radical (unpaired) electrons. The van der Waals surface area contributed by atoms with Gasteiger partial charge in [-0.25, -0.2) is 0 Å². The second-order valence-electron chi connectivity index (χ2n) is 3.42. The molecule has 1 amide bonds. The normalized spacial score (nSPS) is 9.87. The summed E-state index contributed by atoms with van der Waals surface area (Å²) in [5.41, 5.74) is 0.816. The second-order valence-corrected chi connectivity index (χ2v) is 3.83. The molecule has 82 valence electrons. The Balaban J connectivity index is 2.83. The highest BCUT2D eigenvalue weighted by Gasteiger charge is 2.09. The topological polar surface area (TPSA) is 29.5 Å². The quantitative estimate of drug-likeness (QED) is 0.790. The lowest BCUT2D eigenvalue weighted by Gasteiger charge is -2.11. The molecule has 0 aliphatic heterocycles. The summed E-state index contributed by atoms with van der Waals surface area (Å²) in [5.74, 6) is 0.725. The van der Waals surface area contributed by atoms with E-state index in [0.717, 1.165) is 5.56 Å². The molecule has 0 bridgehead atoms. The summed E-state index contributed by atoms with van der Waals surface area (Å²) < 4.78 is 5.02. The van der Waals surface area contributed by atoms with Gasteiger partial charge >= 0.3 is 0 Å². The summed E-state index contributed by atoms with van der Waals surface area (Å²) in [4.78, 5) is 13.0. The van der Waals surface area contributed by atoms with Gasteiger partial charge in [0.15, 0.2) is 0 Å². The van der Waals surface area contributed by atoms with Crippen LogP contribution in [-0.4, -0.2) is 32.0 Å². The Morgan fingerprint density at radius 1 is 1.47 bits per heavy atom. The first-order valence-corrected chi connectivity index (χ1v) is 4.95. The molecule has 0 spiro atoms. The van der Waals surface area contributed by atoms with Gasteiger partial charge in [-0.3, -0.25) is 4.79 Å². The molecule has 4 heteroatoms. The van der Waals surface area contributed by atoms with Crippen molar-refractivity contribution in [1.29, 1.82) is 0 Å². The number of halogens is 1. The predicted molar refractivity (Wildman–Crippen MR) is 60.4 cm³/mol. The number of likely N-dealkylation sites (N-methyl/N-ethyl adjacent to an activating group) is 1. The molecule has 0 saturated heterocycles. The molecule has 0 heterocycles. The van der Waals surface area contributed by atoms with Gasteiger partial charge in [-0.05, 0) is 17.7 Å². The second kappa shape index (κ2) is 5.03. The molecule has 0 atom stereocenters. The molecular weight excluding hydrogens is 214 g/mol. The highest BCUT2D eigenvalue weighted by Crippen LogP contribution is 2.22. The lowest BCUT2D eigenvalue weighted by molar-refractivity contribution is -0.127. The van der Waals surface area contributed by atoms with Crippen molar-refractivity contribution in [3.8, 4) is 5.75 Å². The minimum absolute atomic E-state index is 0.0297. The Hall–Kier alpha value is -1.22. The fourth-order valence-electron chi connectivity index (χ4n) is 1.12. The van der Waals surface area contributed by atoms with E-state index in [-0.39, 0.29) is 5.91 Å². The molecule has 0 aliphatic rings. The van der Waals surface area contributed by atoms with Crippen LogP contribution in [0.4, 0.5) is 0 Å². The summed E-state index contributed by atoms with van der Waals surface area (Å²) in [6.45, 7) is 0. The van der Waals surface area contributed by atoms with Crippen LogP contribution in [0.3, 0.4) is 0 Å². The molecule has 15 heavy (non-hydrogen) atoms. The van der Waals surface area contributed by atoms with E-state index in [2.05, 4.69) is 0 Å². The van der Waals surface area contributed by atoms with Crippen LogP contribution in [0.2, 0.25) is 5.02 Å². The molecule has 1 aromatic rings.